The number of rotatable bonds is 0. The maximum Gasteiger partial charge on any atom is 0.501 e. The summed E-state index contributed by atoms with van der Waals surface area (Å²) in [5.74, 6) is -0.565. The van der Waals surface area contributed by atoms with Crippen molar-refractivity contribution in [3.05, 3.63) is 84.9 Å². The molecular weight excluding hydrogens is 556 g/mol. The standard InChI is InChI=1S/C28H18N2O8S2/c29-21-13-5-11-19-23(21)27-17-9-3-1-7-15(17)25(19)35-39(31,32)36-26-16-8-2-4-10-18(16)28(38-40(33,34)37-27)24-20(26)12-6-14-22(24)30/h1-14H,29-30H2. The van der Waals surface area contributed by atoms with Crippen LogP contribution in [-0.2, 0) is 20.8 Å². The summed E-state index contributed by atoms with van der Waals surface area (Å²) in [7, 11) is -9.63. The first kappa shape index (κ1) is 24.1. The normalized spacial score (nSPS) is 15.8. The quantitative estimate of drug-likeness (QED) is 0.183. The van der Waals surface area contributed by atoms with Crippen LogP contribution in [0, 0.1) is 0 Å². The maximum atomic E-state index is 13.6. The average Bonchev–Trinajstić information content (AvgIpc) is 2.92. The van der Waals surface area contributed by atoms with E-state index >= 15 is 0 Å². The van der Waals surface area contributed by atoms with Crippen molar-refractivity contribution >= 4 is 75.3 Å². The Morgan fingerprint density at radius 3 is 1.07 bits per heavy atom. The summed E-state index contributed by atoms with van der Waals surface area (Å²) in [5, 5.41) is 1.49. The van der Waals surface area contributed by atoms with Crippen molar-refractivity contribution in [2.45, 2.75) is 0 Å². The minimum absolute atomic E-state index is 0.110. The Bertz CT molecular complexity index is 2140. The van der Waals surface area contributed by atoms with Crippen molar-refractivity contribution in [1.82, 2.24) is 0 Å². The molecule has 0 unspecified atom stereocenters. The van der Waals surface area contributed by atoms with Crippen LogP contribution >= 0.6 is 0 Å². The lowest BCUT2D eigenvalue weighted by molar-refractivity contribution is 0.392. The van der Waals surface area contributed by atoms with E-state index in [1.165, 1.54) is 24.3 Å². The molecule has 8 rings (SSSR count). The van der Waals surface area contributed by atoms with Crippen molar-refractivity contribution in [3.8, 4) is 23.0 Å². The van der Waals surface area contributed by atoms with Gasteiger partial charge < -0.3 is 28.2 Å². The minimum atomic E-state index is -4.84. The lowest BCUT2D eigenvalue weighted by Crippen LogP contribution is -2.20. The number of nitrogen functional groups attached to an aromatic ring is 2. The highest BCUT2D eigenvalue weighted by molar-refractivity contribution is 7.83. The van der Waals surface area contributed by atoms with Crippen molar-refractivity contribution < 1.29 is 33.6 Å². The molecule has 40 heavy (non-hydrogen) atoms. The fraction of sp³-hybridized carbons (Fsp3) is 0. The summed E-state index contributed by atoms with van der Waals surface area (Å²) in [6, 6.07) is 22.0. The van der Waals surface area contributed by atoms with Crippen LogP contribution in [0.3, 0.4) is 0 Å². The van der Waals surface area contributed by atoms with Gasteiger partial charge in [-0.05, 0) is 12.1 Å². The van der Waals surface area contributed by atoms with E-state index in [-0.39, 0.29) is 77.5 Å². The molecule has 2 aliphatic rings. The van der Waals surface area contributed by atoms with E-state index in [2.05, 4.69) is 0 Å². The zero-order valence-electron chi connectivity index (χ0n) is 20.3. The lowest BCUT2D eigenvalue weighted by Gasteiger charge is -2.21. The van der Waals surface area contributed by atoms with Gasteiger partial charge in [0.05, 0.1) is 10.8 Å². The van der Waals surface area contributed by atoms with Gasteiger partial charge in [0.2, 0.25) is 0 Å². The SMILES string of the molecule is Nc1cccc2c3c4ccccc4c(c12)OS(=O)(=O)Oc1c2ccccc2c(c2cccc(N)c12)OS(=O)(=O)O3. The molecular formula is C28H18N2O8S2. The number of nitrogens with two attached hydrogens (primary N) is 2. The summed E-state index contributed by atoms with van der Waals surface area (Å²) < 4.78 is 77.1. The Balaban J connectivity index is 1.66. The van der Waals surface area contributed by atoms with Gasteiger partial charge in [-0.15, -0.1) is 16.8 Å². The summed E-state index contributed by atoms with van der Waals surface area (Å²) in [5.41, 5.74) is 12.8. The van der Waals surface area contributed by atoms with Crippen molar-refractivity contribution in [2.24, 2.45) is 0 Å². The predicted octanol–water partition coefficient (Wildman–Crippen LogP) is 5.18. The van der Waals surface area contributed by atoms with E-state index in [0.717, 1.165) is 0 Å². The number of hydrogen-bond acceptors (Lipinski definition) is 10. The molecule has 0 saturated heterocycles. The van der Waals surface area contributed by atoms with Crippen molar-refractivity contribution in [3.63, 3.8) is 0 Å². The van der Waals surface area contributed by atoms with Crippen LogP contribution in [0.25, 0.3) is 43.1 Å². The molecule has 2 aliphatic heterocycles. The van der Waals surface area contributed by atoms with E-state index in [0.29, 0.717) is 0 Å². The predicted molar refractivity (Wildman–Crippen MR) is 152 cm³/mol. The minimum Gasteiger partial charge on any atom is -0.398 e. The molecule has 0 aromatic heterocycles. The molecule has 0 saturated carbocycles. The Labute approximate surface area is 227 Å². The molecule has 0 atom stereocenters. The molecule has 0 amide bonds. The van der Waals surface area contributed by atoms with E-state index in [1.807, 2.05) is 0 Å². The van der Waals surface area contributed by atoms with Crippen LogP contribution in [0.2, 0.25) is 0 Å². The monoisotopic (exact) mass is 574 g/mol. The highest BCUT2D eigenvalue weighted by Crippen LogP contribution is 2.49. The van der Waals surface area contributed by atoms with Crippen LogP contribution in [-0.4, -0.2) is 16.8 Å². The molecule has 0 fully saturated rings. The van der Waals surface area contributed by atoms with Crippen molar-refractivity contribution in [1.29, 1.82) is 0 Å². The van der Waals surface area contributed by atoms with Gasteiger partial charge in [-0.2, -0.15) is 0 Å². The Kier molecular flexibility index (Phi) is 4.99. The second-order valence-electron chi connectivity index (χ2n) is 9.10. The fourth-order valence-corrected chi connectivity index (χ4v) is 6.73. The van der Waals surface area contributed by atoms with Crippen molar-refractivity contribution in [2.75, 3.05) is 11.5 Å². The smallest absolute Gasteiger partial charge is 0.398 e. The summed E-state index contributed by atoms with van der Waals surface area (Å²) in [6.45, 7) is 0. The number of fused-ring (bicyclic) bond motifs is 5. The molecule has 10 nitrogen and oxygen atoms in total. The van der Waals surface area contributed by atoms with Crippen LogP contribution in [0.5, 0.6) is 23.0 Å². The summed E-state index contributed by atoms with van der Waals surface area (Å²) >= 11 is 0. The third kappa shape index (κ3) is 3.61. The Morgan fingerprint density at radius 2 is 0.700 bits per heavy atom. The Morgan fingerprint density at radius 1 is 0.400 bits per heavy atom. The van der Waals surface area contributed by atoms with Gasteiger partial charge in [0.15, 0.2) is 23.0 Å². The molecule has 6 aromatic rings. The fourth-order valence-electron chi connectivity index (χ4n) is 5.14. The van der Waals surface area contributed by atoms with Gasteiger partial charge in [0.1, 0.15) is 0 Å². The number of anilines is 2. The van der Waals surface area contributed by atoms with E-state index < -0.39 is 20.8 Å². The third-order valence-corrected chi connectivity index (χ3v) is 8.19. The van der Waals surface area contributed by atoms with Crippen LogP contribution < -0.4 is 28.2 Å². The largest absolute Gasteiger partial charge is 0.501 e. The molecule has 4 N–H and O–H groups in total. The van der Waals surface area contributed by atoms with E-state index in [9.17, 15) is 16.8 Å². The number of benzene rings is 6. The van der Waals surface area contributed by atoms with Gasteiger partial charge in [-0.25, -0.2) is 0 Å². The maximum absolute atomic E-state index is 13.6. The molecule has 0 spiro atoms. The Hall–Kier alpha value is -4.94. The van der Waals surface area contributed by atoms with E-state index in [4.69, 9.17) is 28.2 Å². The zero-order chi connectivity index (χ0) is 27.8. The molecule has 4 bridgehead atoms. The second kappa shape index (κ2) is 8.28. The highest BCUT2D eigenvalue weighted by Gasteiger charge is 2.31. The number of hydrogen-bond donors (Lipinski definition) is 2. The van der Waals surface area contributed by atoms with Crippen LogP contribution in [0.4, 0.5) is 11.4 Å². The van der Waals surface area contributed by atoms with Crippen LogP contribution in [0.15, 0.2) is 84.9 Å². The van der Waals surface area contributed by atoms with Gasteiger partial charge in [-0.3, -0.25) is 0 Å². The summed E-state index contributed by atoms with van der Waals surface area (Å²) in [4.78, 5) is 0. The molecule has 2 heterocycles. The third-order valence-electron chi connectivity index (χ3n) is 6.71. The summed E-state index contributed by atoms with van der Waals surface area (Å²) in [6.07, 6.45) is 0. The van der Waals surface area contributed by atoms with E-state index in [1.54, 1.807) is 60.7 Å². The lowest BCUT2D eigenvalue weighted by atomic mass is 9.99. The molecule has 12 heteroatoms. The van der Waals surface area contributed by atoms with Gasteiger partial charge in [0.25, 0.3) is 0 Å². The first-order chi connectivity index (χ1) is 19.1. The molecule has 200 valence electrons. The van der Waals surface area contributed by atoms with Gasteiger partial charge >= 0.3 is 20.8 Å². The second-order valence-corrected chi connectivity index (χ2v) is 11.4. The molecule has 6 aromatic carbocycles. The molecule has 0 aliphatic carbocycles. The zero-order valence-corrected chi connectivity index (χ0v) is 22.0. The first-order valence-electron chi connectivity index (χ1n) is 11.9. The first-order valence-corrected chi connectivity index (χ1v) is 14.5. The average molecular weight is 575 g/mol. The molecule has 0 radical (unpaired) electrons. The van der Waals surface area contributed by atoms with Gasteiger partial charge in [-0.1, -0.05) is 72.8 Å². The van der Waals surface area contributed by atoms with Crippen LogP contribution in [0.1, 0.15) is 0 Å². The highest BCUT2D eigenvalue weighted by atomic mass is 32.3. The van der Waals surface area contributed by atoms with Gasteiger partial charge in [0, 0.05) is 43.7 Å². The topological polar surface area (TPSA) is 157 Å².